The number of anilines is 1. The summed E-state index contributed by atoms with van der Waals surface area (Å²) in [6, 6.07) is 7.06. The van der Waals surface area contributed by atoms with Crippen molar-refractivity contribution in [2.75, 3.05) is 18.1 Å². The highest BCUT2D eigenvalue weighted by atomic mass is 16.3. The van der Waals surface area contributed by atoms with Crippen LogP contribution < -0.4 is 10.6 Å². The molecule has 0 unspecified atom stereocenters. The Morgan fingerprint density at radius 1 is 1.33 bits per heavy atom. The topological polar surface area (TPSA) is 49.5 Å². The van der Waals surface area contributed by atoms with E-state index in [1.807, 2.05) is 0 Å². The van der Waals surface area contributed by atoms with Gasteiger partial charge in [-0.3, -0.25) is 0 Å². The minimum atomic E-state index is 0.216. The monoisotopic (exact) mass is 248 g/mol. The number of benzene rings is 1. The average Bonchev–Trinajstić information content (AvgIpc) is 2.89. The normalized spacial score (nSPS) is 16.2. The molecule has 1 aliphatic carbocycles. The number of nitrogens with zero attached hydrogens (tertiary/aromatic N) is 1. The van der Waals surface area contributed by atoms with Crippen LogP contribution >= 0.6 is 0 Å². The smallest absolute Gasteiger partial charge is 0.0606 e. The molecule has 0 radical (unpaired) electrons. The first-order valence-corrected chi connectivity index (χ1v) is 6.93. The second-order valence-electron chi connectivity index (χ2n) is 5.17. The zero-order chi connectivity index (χ0) is 13.0. The van der Waals surface area contributed by atoms with Crippen LogP contribution in [0, 0.1) is 6.92 Å². The van der Waals surface area contributed by atoms with Crippen LogP contribution in [-0.2, 0) is 6.54 Å². The van der Waals surface area contributed by atoms with E-state index in [1.54, 1.807) is 0 Å². The molecule has 0 heterocycles. The number of aliphatic hydroxyl groups excluding tert-OH is 1. The predicted octanol–water partition coefficient (Wildman–Crippen LogP) is 2.20. The van der Waals surface area contributed by atoms with Gasteiger partial charge in [0, 0.05) is 24.8 Å². The highest BCUT2D eigenvalue weighted by Crippen LogP contribution is 2.29. The van der Waals surface area contributed by atoms with Crippen molar-refractivity contribution in [3.05, 3.63) is 29.3 Å². The van der Waals surface area contributed by atoms with Crippen LogP contribution in [0.15, 0.2) is 18.2 Å². The molecule has 1 aromatic carbocycles. The first kappa shape index (κ1) is 13.4. The third-order valence-corrected chi connectivity index (χ3v) is 3.98. The number of hydrogen-bond acceptors (Lipinski definition) is 3. The molecule has 0 spiro atoms. The van der Waals surface area contributed by atoms with Crippen molar-refractivity contribution in [1.29, 1.82) is 0 Å². The molecule has 0 aliphatic heterocycles. The SMILES string of the molecule is Cc1cc(N(CCO)C2CCCC2)ccc1CN. The van der Waals surface area contributed by atoms with Crippen LogP contribution in [0.2, 0.25) is 0 Å². The summed E-state index contributed by atoms with van der Waals surface area (Å²) in [5, 5.41) is 9.27. The standard InChI is InChI=1S/C15H24N2O/c1-12-10-15(7-6-13(12)11-16)17(8-9-18)14-4-2-3-5-14/h6-7,10,14,18H,2-5,8-9,11,16H2,1H3. The van der Waals surface area contributed by atoms with Crippen LogP contribution in [0.5, 0.6) is 0 Å². The summed E-state index contributed by atoms with van der Waals surface area (Å²) < 4.78 is 0. The fraction of sp³-hybridized carbons (Fsp3) is 0.600. The first-order chi connectivity index (χ1) is 8.76. The summed E-state index contributed by atoms with van der Waals surface area (Å²) in [6.07, 6.45) is 5.12. The zero-order valence-corrected chi connectivity index (χ0v) is 11.2. The van der Waals surface area contributed by atoms with E-state index in [2.05, 4.69) is 30.0 Å². The summed E-state index contributed by atoms with van der Waals surface area (Å²) in [7, 11) is 0. The lowest BCUT2D eigenvalue weighted by atomic mass is 10.1. The van der Waals surface area contributed by atoms with Gasteiger partial charge < -0.3 is 15.7 Å². The van der Waals surface area contributed by atoms with Gasteiger partial charge in [0.15, 0.2) is 0 Å². The van der Waals surface area contributed by atoms with Crippen molar-refractivity contribution in [2.24, 2.45) is 5.73 Å². The van der Waals surface area contributed by atoms with E-state index in [1.165, 1.54) is 42.5 Å². The van der Waals surface area contributed by atoms with E-state index in [0.29, 0.717) is 12.6 Å². The van der Waals surface area contributed by atoms with Crippen LogP contribution in [-0.4, -0.2) is 24.3 Å². The number of rotatable bonds is 5. The molecule has 0 amide bonds. The van der Waals surface area contributed by atoms with Gasteiger partial charge in [0.1, 0.15) is 0 Å². The number of aryl methyl sites for hydroxylation is 1. The Hall–Kier alpha value is -1.06. The third kappa shape index (κ3) is 2.85. The van der Waals surface area contributed by atoms with E-state index in [0.717, 1.165) is 6.54 Å². The van der Waals surface area contributed by atoms with E-state index in [-0.39, 0.29) is 6.61 Å². The predicted molar refractivity (Wildman–Crippen MR) is 75.8 cm³/mol. The third-order valence-electron chi connectivity index (χ3n) is 3.98. The zero-order valence-electron chi connectivity index (χ0n) is 11.2. The maximum absolute atomic E-state index is 9.27. The number of aliphatic hydroxyl groups is 1. The molecule has 0 bridgehead atoms. The summed E-state index contributed by atoms with van der Waals surface area (Å²) in [6.45, 7) is 3.65. The largest absolute Gasteiger partial charge is 0.395 e. The lowest BCUT2D eigenvalue weighted by Gasteiger charge is -2.31. The van der Waals surface area contributed by atoms with Gasteiger partial charge >= 0.3 is 0 Å². The van der Waals surface area contributed by atoms with E-state index >= 15 is 0 Å². The molecular formula is C15H24N2O. The highest BCUT2D eigenvalue weighted by molar-refractivity contribution is 5.51. The Morgan fingerprint density at radius 2 is 2.06 bits per heavy atom. The van der Waals surface area contributed by atoms with Crippen molar-refractivity contribution in [3.63, 3.8) is 0 Å². The average molecular weight is 248 g/mol. The van der Waals surface area contributed by atoms with E-state index < -0.39 is 0 Å². The summed E-state index contributed by atoms with van der Waals surface area (Å²) >= 11 is 0. The Morgan fingerprint density at radius 3 is 2.61 bits per heavy atom. The first-order valence-electron chi connectivity index (χ1n) is 6.93. The molecule has 1 fully saturated rings. The lowest BCUT2D eigenvalue weighted by molar-refractivity contribution is 0.297. The second kappa shape index (κ2) is 6.21. The quantitative estimate of drug-likeness (QED) is 0.840. The van der Waals surface area contributed by atoms with Gasteiger partial charge in [0.2, 0.25) is 0 Å². The maximum atomic E-state index is 9.27. The Balaban J connectivity index is 2.21. The fourth-order valence-corrected chi connectivity index (χ4v) is 2.93. The van der Waals surface area contributed by atoms with Gasteiger partial charge in [-0.25, -0.2) is 0 Å². The minimum absolute atomic E-state index is 0.216. The molecule has 0 atom stereocenters. The Kier molecular flexibility index (Phi) is 4.61. The molecule has 2 rings (SSSR count). The molecule has 3 nitrogen and oxygen atoms in total. The molecule has 0 aromatic heterocycles. The number of hydrogen-bond donors (Lipinski definition) is 2. The van der Waals surface area contributed by atoms with Gasteiger partial charge in [-0.05, 0) is 43.0 Å². The Bertz CT molecular complexity index is 386. The van der Waals surface area contributed by atoms with Gasteiger partial charge in [-0.2, -0.15) is 0 Å². The van der Waals surface area contributed by atoms with Gasteiger partial charge in [0.25, 0.3) is 0 Å². The van der Waals surface area contributed by atoms with Crippen LogP contribution in [0.3, 0.4) is 0 Å². The van der Waals surface area contributed by atoms with Crippen molar-refractivity contribution < 1.29 is 5.11 Å². The molecule has 18 heavy (non-hydrogen) atoms. The Labute approximate surface area is 110 Å². The fourth-order valence-electron chi connectivity index (χ4n) is 2.93. The van der Waals surface area contributed by atoms with Crippen molar-refractivity contribution in [2.45, 2.75) is 45.2 Å². The highest BCUT2D eigenvalue weighted by Gasteiger charge is 2.22. The molecule has 1 saturated carbocycles. The summed E-state index contributed by atoms with van der Waals surface area (Å²) in [4.78, 5) is 2.36. The van der Waals surface area contributed by atoms with Gasteiger partial charge in [-0.15, -0.1) is 0 Å². The van der Waals surface area contributed by atoms with E-state index in [9.17, 15) is 5.11 Å². The van der Waals surface area contributed by atoms with Crippen molar-refractivity contribution in [1.82, 2.24) is 0 Å². The van der Waals surface area contributed by atoms with Crippen LogP contribution in [0.4, 0.5) is 5.69 Å². The minimum Gasteiger partial charge on any atom is -0.395 e. The summed E-state index contributed by atoms with van der Waals surface area (Å²) in [5.74, 6) is 0. The molecule has 1 aromatic rings. The van der Waals surface area contributed by atoms with Crippen LogP contribution in [0.1, 0.15) is 36.8 Å². The van der Waals surface area contributed by atoms with Crippen molar-refractivity contribution >= 4 is 5.69 Å². The van der Waals surface area contributed by atoms with Crippen molar-refractivity contribution in [3.8, 4) is 0 Å². The molecule has 1 aliphatic rings. The van der Waals surface area contributed by atoms with Gasteiger partial charge in [-0.1, -0.05) is 18.9 Å². The van der Waals surface area contributed by atoms with Gasteiger partial charge in [0.05, 0.1) is 6.61 Å². The molecule has 3 heteroatoms. The molecule has 3 N–H and O–H groups in total. The summed E-state index contributed by atoms with van der Waals surface area (Å²) in [5.41, 5.74) is 9.38. The maximum Gasteiger partial charge on any atom is 0.0606 e. The van der Waals surface area contributed by atoms with E-state index in [4.69, 9.17) is 5.73 Å². The number of nitrogens with two attached hydrogens (primary N) is 1. The second-order valence-corrected chi connectivity index (χ2v) is 5.17. The molecule has 0 saturated heterocycles. The molecular weight excluding hydrogens is 224 g/mol. The lowest BCUT2D eigenvalue weighted by Crippen LogP contribution is -2.35. The van der Waals surface area contributed by atoms with Crippen LogP contribution in [0.25, 0.3) is 0 Å². The molecule has 100 valence electrons.